The molecule has 3 aromatic carbocycles. The maximum absolute atomic E-state index is 14.3. The van der Waals surface area contributed by atoms with Crippen LogP contribution in [0.5, 0.6) is 0 Å². The van der Waals surface area contributed by atoms with Crippen molar-refractivity contribution in [2.75, 3.05) is 0 Å². The van der Waals surface area contributed by atoms with Crippen molar-refractivity contribution in [3.8, 4) is 22.3 Å². The molecule has 0 saturated heterocycles. The van der Waals surface area contributed by atoms with Gasteiger partial charge in [-0.15, -0.1) is 18.5 Å². The van der Waals surface area contributed by atoms with Gasteiger partial charge in [0.25, 0.3) is 0 Å². The van der Waals surface area contributed by atoms with E-state index in [0.717, 1.165) is 18.2 Å². The number of hydrogen-bond acceptors (Lipinski definition) is 0. The summed E-state index contributed by atoms with van der Waals surface area (Å²) in [6.07, 6.45) is 0. The molecule has 146 valence electrons. The Balaban J connectivity index is 2.31. The number of benzene rings is 3. The van der Waals surface area contributed by atoms with Gasteiger partial charge in [-0.1, -0.05) is 18.2 Å². The Bertz CT molecular complexity index is 985. The topological polar surface area (TPSA) is 0 Å². The van der Waals surface area contributed by atoms with Crippen LogP contribution in [0.1, 0.15) is 0 Å². The summed E-state index contributed by atoms with van der Waals surface area (Å²) in [6, 6.07) is 4.30. The average molecular weight is 438 g/mol. The molecule has 0 bridgehead atoms. The molecule has 0 saturated carbocycles. The second-order valence-corrected chi connectivity index (χ2v) is 6.82. The van der Waals surface area contributed by atoms with E-state index in [1.54, 1.807) is 0 Å². The Kier molecular flexibility index (Phi) is 5.48. The highest BCUT2D eigenvalue weighted by atomic mass is 31.0. The molecule has 0 aromatic heterocycles. The van der Waals surface area contributed by atoms with E-state index in [4.69, 9.17) is 0 Å². The van der Waals surface area contributed by atoms with Gasteiger partial charge in [0.1, 0.15) is 0 Å². The molecule has 2 unspecified atom stereocenters. The van der Waals surface area contributed by atoms with Crippen LogP contribution >= 0.6 is 18.5 Å². The molecular formula is C18H8F8P2. The summed E-state index contributed by atoms with van der Waals surface area (Å²) in [6.45, 7) is 0. The van der Waals surface area contributed by atoms with E-state index in [9.17, 15) is 35.1 Å². The van der Waals surface area contributed by atoms with Crippen LogP contribution in [-0.4, -0.2) is 0 Å². The summed E-state index contributed by atoms with van der Waals surface area (Å²) in [5, 5.41) is -0.406. The van der Waals surface area contributed by atoms with Crippen LogP contribution in [0.2, 0.25) is 0 Å². The van der Waals surface area contributed by atoms with Crippen LogP contribution in [0, 0.1) is 46.5 Å². The summed E-state index contributed by atoms with van der Waals surface area (Å²) >= 11 is 0. The van der Waals surface area contributed by atoms with Crippen LogP contribution < -0.4 is 10.6 Å². The minimum atomic E-state index is -2.32. The Morgan fingerprint density at radius 3 is 1.39 bits per heavy atom. The van der Waals surface area contributed by atoms with Gasteiger partial charge in [-0.3, -0.25) is 0 Å². The molecule has 28 heavy (non-hydrogen) atoms. The van der Waals surface area contributed by atoms with Gasteiger partial charge in [-0.25, -0.2) is 35.1 Å². The van der Waals surface area contributed by atoms with Crippen molar-refractivity contribution < 1.29 is 35.1 Å². The fraction of sp³-hybridized carbons (Fsp3) is 0. The predicted octanol–water partition coefficient (Wildman–Crippen LogP) is 5.13. The zero-order chi connectivity index (χ0) is 20.9. The normalized spacial score (nSPS) is 11.2. The van der Waals surface area contributed by atoms with E-state index in [2.05, 4.69) is 0 Å². The first kappa shape index (κ1) is 20.7. The Hall–Kier alpha value is -2.04. The van der Waals surface area contributed by atoms with Gasteiger partial charge in [0, 0.05) is 10.9 Å². The van der Waals surface area contributed by atoms with Crippen molar-refractivity contribution >= 4 is 29.1 Å². The molecule has 0 radical (unpaired) electrons. The van der Waals surface area contributed by atoms with Gasteiger partial charge < -0.3 is 0 Å². The van der Waals surface area contributed by atoms with Crippen LogP contribution in [0.3, 0.4) is 0 Å². The summed E-state index contributed by atoms with van der Waals surface area (Å²) < 4.78 is 110. The second-order valence-electron chi connectivity index (χ2n) is 5.67. The molecule has 10 heteroatoms. The highest BCUT2D eigenvalue weighted by Crippen LogP contribution is 2.34. The fourth-order valence-electron chi connectivity index (χ4n) is 2.67. The maximum Gasteiger partial charge on any atom is 0.200 e. The number of halogens is 8. The monoisotopic (exact) mass is 438 g/mol. The molecule has 0 fully saturated rings. The Labute approximate surface area is 158 Å². The maximum atomic E-state index is 14.3. The summed E-state index contributed by atoms with van der Waals surface area (Å²) in [5.74, 6) is -15.5. The number of rotatable bonds is 2. The molecule has 2 atom stereocenters. The lowest BCUT2D eigenvalue weighted by atomic mass is 9.97. The van der Waals surface area contributed by atoms with Gasteiger partial charge in [0.2, 0.25) is 5.82 Å². The zero-order valence-electron chi connectivity index (χ0n) is 13.5. The van der Waals surface area contributed by atoms with Crippen molar-refractivity contribution in [1.82, 2.24) is 0 Å². The third-order valence-electron chi connectivity index (χ3n) is 4.05. The van der Waals surface area contributed by atoms with Crippen LogP contribution in [-0.2, 0) is 0 Å². The summed E-state index contributed by atoms with van der Waals surface area (Å²) in [5.41, 5.74) is -2.30. The molecule has 0 N–H and O–H groups in total. The van der Waals surface area contributed by atoms with Crippen molar-refractivity contribution in [3.63, 3.8) is 0 Å². The molecule has 0 aliphatic carbocycles. The van der Waals surface area contributed by atoms with E-state index in [1.807, 2.05) is 18.5 Å². The molecule has 0 aliphatic rings. The van der Waals surface area contributed by atoms with Gasteiger partial charge in [0.15, 0.2) is 40.7 Å². The molecule has 0 aliphatic heterocycles. The van der Waals surface area contributed by atoms with Crippen LogP contribution in [0.4, 0.5) is 35.1 Å². The molecule has 0 amide bonds. The first-order chi connectivity index (χ1) is 13.1. The van der Waals surface area contributed by atoms with Crippen LogP contribution in [0.25, 0.3) is 22.3 Å². The first-order valence-electron chi connectivity index (χ1n) is 7.41. The zero-order valence-corrected chi connectivity index (χ0v) is 15.8. The predicted molar refractivity (Wildman–Crippen MR) is 95.7 cm³/mol. The van der Waals surface area contributed by atoms with Crippen LogP contribution in [0.15, 0.2) is 24.3 Å². The van der Waals surface area contributed by atoms with Crippen molar-refractivity contribution in [3.05, 3.63) is 70.8 Å². The highest BCUT2D eigenvalue weighted by Gasteiger charge is 2.27. The van der Waals surface area contributed by atoms with E-state index in [1.165, 1.54) is 6.07 Å². The van der Waals surface area contributed by atoms with Crippen molar-refractivity contribution in [2.45, 2.75) is 0 Å². The lowest BCUT2D eigenvalue weighted by Crippen LogP contribution is -2.22. The van der Waals surface area contributed by atoms with E-state index in [0.29, 0.717) is 0 Å². The second kappa shape index (κ2) is 7.41. The quantitative estimate of drug-likeness (QED) is 0.225. The van der Waals surface area contributed by atoms with Gasteiger partial charge in [-0.05, 0) is 22.5 Å². The summed E-state index contributed by atoms with van der Waals surface area (Å²) in [4.78, 5) is 0. The third kappa shape index (κ3) is 3.09. The van der Waals surface area contributed by atoms with Crippen molar-refractivity contribution in [1.29, 1.82) is 0 Å². The molecule has 3 aromatic rings. The first-order valence-corrected chi connectivity index (χ1v) is 8.57. The smallest absolute Gasteiger partial charge is 0.200 e. The van der Waals surface area contributed by atoms with Gasteiger partial charge in [0.05, 0.1) is 5.56 Å². The van der Waals surface area contributed by atoms with Crippen molar-refractivity contribution in [2.24, 2.45) is 0 Å². The standard InChI is InChI=1S/C18H8F8P2/c19-9-7(10(20)13(23)15(25)12(9)22)5-2-1-3-6(4-5)8-11(21)14(24)16(26)18(28)17(8)27/h1-4H,27-28H2. The number of hydrogen-bond donors (Lipinski definition) is 0. The Morgan fingerprint density at radius 1 is 0.464 bits per heavy atom. The van der Waals surface area contributed by atoms with Gasteiger partial charge >= 0.3 is 0 Å². The molecule has 0 heterocycles. The Morgan fingerprint density at radius 2 is 0.857 bits per heavy atom. The van der Waals surface area contributed by atoms with E-state index < -0.39 is 63.2 Å². The lowest BCUT2D eigenvalue weighted by molar-refractivity contribution is 0.381. The highest BCUT2D eigenvalue weighted by molar-refractivity contribution is 7.36. The molecule has 0 nitrogen and oxygen atoms in total. The van der Waals surface area contributed by atoms with E-state index in [-0.39, 0.29) is 16.2 Å². The lowest BCUT2D eigenvalue weighted by Gasteiger charge is -2.14. The fourth-order valence-corrected chi connectivity index (χ4v) is 3.36. The third-order valence-corrected chi connectivity index (χ3v) is 5.55. The van der Waals surface area contributed by atoms with Gasteiger partial charge in [-0.2, -0.15) is 0 Å². The average Bonchev–Trinajstić information content (AvgIpc) is 2.68. The molecular weight excluding hydrogens is 430 g/mol. The minimum absolute atomic E-state index is 0.101. The largest absolute Gasteiger partial charge is 0.203 e. The molecule has 0 spiro atoms. The summed E-state index contributed by atoms with van der Waals surface area (Å²) in [7, 11) is 3.90. The SMILES string of the molecule is Fc1c(F)c(F)c(-c2cccc(-c3c(F)c(F)c(F)c(P)c3P)c2)c(F)c1F. The van der Waals surface area contributed by atoms with E-state index >= 15 is 0 Å². The minimum Gasteiger partial charge on any atom is -0.203 e. The molecule has 3 rings (SSSR count).